The summed E-state index contributed by atoms with van der Waals surface area (Å²) in [4.78, 5) is 27.4. The Bertz CT molecular complexity index is 1020. The van der Waals surface area contributed by atoms with Crippen LogP contribution in [0.25, 0.3) is 10.3 Å². The fraction of sp³-hybridized carbons (Fsp3) is 0.333. The van der Waals surface area contributed by atoms with Gasteiger partial charge in [0.2, 0.25) is 11.0 Å². The van der Waals surface area contributed by atoms with E-state index >= 15 is 0 Å². The van der Waals surface area contributed by atoms with Gasteiger partial charge < -0.3 is 14.4 Å². The van der Waals surface area contributed by atoms with E-state index < -0.39 is 5.97 Å². The second-order valence-corrected chi connectivity index (χ2v) is 8.08. The van der Waals surface area contributed by atoms with Crippen molar-refractivity contribution >= 4 is 49.5 Å². The number of fused-ring (bicyclic) bond motifs is 1. The lowest BCUT2D eigenvalue weighted by Crippen LogP contribution is -2.39. The fourth-order valence-corrected chi connectivity index (χ4v) is 4.14. The first-order valence-corrected chi connectivity index (χ1v) is 10.2. The molecule has 0 amide bonds. The molecule has 0 unspecified atom stereocenters. The van der Waals surface area contributed by atoms with Crippen molar-refractivity contribution in [3.05, 3.63) is 39.7 Å². The van der Waals surface area contributed by atoms with Crippen molar-refractivity contribution in [2.45, 2.75) is 18.9 Å². The Kier molecular flexibility index (Phi) is 5.40. The summed E-state index contributed by atoms with van der Waals surface area (Å²) in [7, 11) is 1.32. The molecule has 0 aliphatic carbocycles. The smallest absolute Gasteiger partial charge is 0.367 e. The van der Waals surface area contributed by atoms with Gasteiger partial charge in [-0.2, -0.15) is 0 Å². The van der Waals surface area contributed by atoms with Gasteiger partial charge in [0.15, 0.2) is 0 Å². The average molecular weight is 467 g/mol. The number of piperidine rings is 1. The van der Waals surface area contributed by atoms with E-state index in [1.165, 1.54) is 30.6 Å². The quantitative estimate of drug-likeness (QED) is 0.540. The lowest BCUT2D eigenvalue weighted by molar-refractivity contribution is 0.0600. The molecular formula is C18H16BrFN4O3S. The lowest BCUT2D eigenvalue weighted by Gasteiger charge is -2.32. The van der Waals surface area contributed by atoms with Gasteiger partial charge in [0.05, 0.1) is 17.8 Å². The highest BCUT2D eigenvalue weighted by atomic mass is 79.9. The number of aromatic nitrogens is 3. The predicted octanol–water partition coefficient (Wildman–Crippen LogP) is 3.82. The molecule has 2 aromatic heterocycles. The van der Waals surface area contributed by atoms with Crippen molar-refractivity contribution in [2.24, 2.45) is 0 Å². The molecule has 10 heteroatoms. The van der Waals surface area contributed by atoms with E-state index in [-0.39, 0.29) is 16.9 Å². The third kappa shape index (κ3) is 3.93. The summed E-state index contributed by atoms with van der Waals surface area (Å²) < 4.78 is 24.8. The Morgan fingerprint density at radius 2 is 2.11 bits per heavy atom. The minimum atomic E-state index is -0.481. The van der Waals surface area contributed by atoms with Crippen LogP contribution in [0.1, 0.15) is 22.6 Å². The Morgan fingerprint density at radius 1 is 1.32 bits per heavy atom. The standard InChI is InChI=1S/C18H16BrFN4O3S/c1-26-17(25)16-22-13-9-21-18(23-15(13)28-16)24-6-4-11(5-7-24)27-14-8-10(20)2-3-12(14)19/h2-3,8-9,11H,4-7H2,1H3. The summed E-state index contributed by atoms with van der Waals surface area (Å²) in [5.74, 6) is 0.299. The maximum Gasteiger partial charge on any atom is 0.367 e. The van der Waals surface area contributed by atoms with Crippen molar-refractivity contribution in [2.75, 3.05) is 25.1 Å². The molecule has 1 aliphatic heterocycles. The van der Waals surface area contributed by atoms with Gasteiger partial charge in [-0.15, -0.1) is 0 Å². The number of anilines is 1. The maximum atomic E-state index is 13.4. The molecule has 1 aliphatic rings. The number of ether oxygens (including phenoxy) is 2. The Hall–Kier alpha value is -2.33. The van der Waals surface area contributed by atoms with Crippen LogP contribution in [0.15, 0.2) is 28.9 Å². The monoisotopic (exact) mass is 466 g/mol. The molecule has 0 radical (unpaired) electrons. The molecule has 1 aromatic carbocycles. The molecule has 0 spiro atoms. The summed E-state index contributed by atoms with van der Waals surface area (Å²) in [5, 5.41) is 0.261. The topological polar surface area (TPSA) is 77.4 Å². The van der Waals surface area contributed by atoms with E-state index in [9.17, 15) is 9.18 Å². The highest BCUT2D eigenvalue weighted by Crippen LogP contribution is 2.29. The van der Waals surface area contributed by atoms with E-state index in [0.717, 1.165) is 17.3 Å². The van der Waals surface area contributed by atoms with Crippen LogP contribution in [0, 0.1) is 5.82 Å². The van der Waals surface area contributed by atoms with Crippen molar-refractivity contribution in [3.63, 3.8) is 0 Å². The second-order valence-electron chi connectivity index (χ2n) is 6.25. The van der Waals surface area contributed by atoms with Crippen LogP contribution in [0.4, 0.5) is 10.3 Å². The Balaban J connectivity index is 1.43. The first-order valence-electron chi connectivity index (χ1n) is 8.62. The number of carbonyl (C=O) groups is 1. The molecule has 1 fully saturated rings. The van der Waals surface area contributed by atoms with E-state index in [1.54, 1.807) is 12.3 Å². The molecule has 1 saturated heterocycles. The molecule has 0 bridgehead atoms. The van der Waals surface area contributed by atoms with Gasteiger partial charge in [0.1, 0.15) is 28.0 Å². The van der Waals surface area contributed by atoms with Crippen molar-refractivity contribution in [1.29, 1.82) is 0 Å². The van der Waals surface area contributed by atoms with Crippen LogP contribution in [0.3, 0.4) is 0 Å². The molecule has 7 nitrogen and oxygen atoms in total. The number of thiazole rings is 1. The SMILES string of the molecule is COC(=O)c1nc2cnc(N3CCC(Oc4cc(F)ccc4Br)CC3)nc2s1. The van der Waals surface area contributed by atoms with Crippen molar-refractivity contribution in [3.8, 4) is 5.75 Å². The minimum absolute atomic E-state index is 0.00703. The summed E-state index contributed by atoms with van der Waals surface area (Å²) >= 11 is 4.57. The molecule has 3 aromatic rings. The summed E-state index contributed by atoms with van der Waals surface area (Å²) in [5.41, 5.74) is 0.573. The van der Waals surface area contributed by atoms with Crippen molar-refractivity contribution in [1.82, 2.24) is 15.0 Å². The van der Waals surface area contributed by atoms with Gasteiger partial charge in [-0.25, -0.2) is 24.1 Å². The molecule has 0 atom stereocenters. The molecular weight excluding hydrogens is 451 g/mol. The number of nitrogens with zero attached hydrogens (tertiary/aromatic N) is 4. The van der Waals surface area contributed by atoms with E-state index in [4.69, 9.17) is 9.47 Å². The lowest BCUT2D eigenvalue weighted by atomic mass is 10.1. The molecule has 3 heterocycles. The number of methoxy groups -OCH3 is 1. The number of hydrogen-bond donors (Lipinski definition) is 0. The zero-order chi connectivity index (χ0) is 19.7. The highest BCUT2D eigenvalue weighted by molar-refractivity contribution is 9.10. The van der Waals surface area contributed by atoms with E-state index in [1.807, 2.05) is 0 Å². The number of esters is 1. The van der Waals surface area contributed by atoms with Crippen LogP contribution in [0.2, 0.25) is 0 Å². The van der Waals surface area contributed by atoms with Gasteiger partial charge >= 0.3 is 5.97 Å². The number of hydrogen-bond acceptors (Lipinski definition) is 8. The second kappa shape index (κ2) is 7.96. The van der Waals surface area contributed by atoms with Gasteiger partial charge in [-0.1, -0.05) is 11.3 Å². The first-order chi connectivity index (χ1) is 13.5. The average Bonchev–Trinajstić information content (AvgIpc) is 3.14. The van der Waals surface area contributed by atoms with Gasteiger partial charge in [0.25, 0.3) is 0 Å². The molecule has 4 rings (SSSR count). The third-order valence-corrected chi connectivity index (χ3v) is 6.01. The van der Waals surface area contributed by atoms with E-state index in [0.29, 0.717) is 35.1 Å². The van der Waals surface area contributed by atoms with Gasteiger partial charge in [-0.3, -0.25) is 0 Å². The van der Waals surface area contributed by atoms with Crippen LogP contribution in [-0.4, -0.2) is 47.2 Å². The van der Waals surface area contributed by atoms with Crippen LogP contribution in [0.5, 0.6) is 5.75 Å². The largest absolute Gasteiger partial charge is 0.489 e. The number of rotatable bonds is 4. The molecule has 146 valence electrons. The Morgan fingerprint density at radius 3 is 2.86 bits per heavy atom. The van der Waals surface area contributed by atoms with Crippen molar-refractivity contribution < 1.29 is 18.7 Å². The maximum absolute atomic E-state index is 13.4. The zero-order valence-corrected chi connectivity index (χ0v) is 17.3. The predicted molar refractivity (Wildman–Crippen MR) is 107 cm³/mol. The summed E-state index contributed by atoms with van der Waals surface area (Å²) in [6.45, 7) is 1.43. The summed E-state index contributed by atoms with van der Waals surface area (Å²) in [6, 6.07) is 4.41. The normalized spacial score (nSPS) is 15.0. The number of halogens is 2. The third-order valence-electron chi connectivity index (χ3n) is 4.41. The fourth-order valence-electron chi connectivity index (χ4n) is 2.97. The summed E-state index contributed by atoms with van der Waals surface area (Å²) in [6.07, 6.45) is 3.14. The van der Waals surface area contributed by atoms with Gasteiger partial charge in [-0.05, 0) is 28.1 Å². The number of benzene rings is 1. The van der Waals surface area contributed by atoms with Crippen LogP contribution >= 0.6 is 27.3 Å². The van der Waals surface area contributed by atoms with Gasteiger partial charge in [0, 0.05) is 32.0 Å². The Labute approximate surface area is 172 Å². The number of carbonyl (C=O) groups excluding carboxylic acids is 1. The minimum Gasteiger partial charge on any atom is -0.489 e. The molecule has 0 saturated carbocycles. The van der Waals surface area contributed by atoms with E-state index in [2.05, 4.69) is 35.8 Å². The van der Waals surface area contributed by atoms with Crippen LogP contribution < -0.4 is 9.64 Å². The first kappa shape index (κ1) is 19.0. The zero-order valence-electron chi connectivity index (χ0n) is 14.9. The van der Waals surface area contributed by atoms with Crippen LogP contribution in [-0.2, 0) is 4.74 Å². The highest BCUT2D eigenvalue weighted by Gasteiger charge is 2.24. The molecule has 0 N–H and O–H groups in total. The molecule has 28 heavy (non-hydrogen) atoms.